The van der Waals surface area contributed by atoms with Crippen molar-refractivity contribution >= 4 is 23.3 Å². The van der Waals surface area contributed by atoms with Gasteiger partial charge in [0.05, 0.1) is 16.3 Å². The van der Waals surface area contributed by atoms with E-state index in [0.717, 1.165) is 18.2 Å². The number of anilines is 1. The summed E-state index contributed by atoms with van der Waals surface area (Å²) in [4.78, 5) is 11.7. The molecule has 20 heavy (non-hydrogen) atoms. The fourth-order valence-electron chi connectivity index (χ4n) is 1.58. The van der Waals surface area contributed by atoms with Gasteiger partial charge in [0.2, 0.25) is 0 Å². The predicted molar refractivity (Wildman–Crippen MR) is 71.3 cm³/mol. The van der Waals surface area contributed by atoms with Gasteiger partial charge in [-0.25, -0.2) is 13.6 Å². The molecule has 0 aliphatic rings. The van der Waals surface area contributed by atoms with Gasteiger partial charge in [0.25, 0.3) is 0 Å². The van der Waals surface area contributed by atoms with Crippen molar-refractivity contribution in [3.8, 4) is 0 Å². The van der Waals surface area contributed by atoms with Crippen molar-refractivity contribution in [2.24, 2.45) is 0 Å². The van der Waals surface area contributed by atoms with Gasteiger partial charge in [-0.2, -0.15) is 0 Å². The van der Waals surface area contributed by atoms with E-state index in [1.807, 2.05) is 0 Å². The lowest BCUT2D eigenvalue weighted by Gasteiger charge is -2.06. The zero-order chi connectivity index (χ0) is 14.7. The summed E-state index contributed by atoms with van der Waals surface area (Å²) < 4.78 is 30.9. The number of hydrogen-bond acceptors (Lipinski definition) is 3. The number of rotatable bonds is 3. The molecular formula is C14H10ClF2NO2. The van der Waals surface area contributed by atoms with Crippen LogP contribution in [-0.4, -0.2) is 5.97 Å². The standard InChI is InChI=1S/C14H10ClF2NO2/c15-12-5-9(1-2-13(12)18)14(19)20-7-8-3-10(16)6-11(17)4-8/h1-6H,7,18H2. The van der Waals surface area contributed by atoms with Crippen LogP contribution in [0.4, 0.5) is 14.5 Å². The minimum absolute atomic E-state index is 0.209. The van der Waals surface area contributed by atoms with Crippen LogP contribution in [0.15, 0.2) is 36.4 Å². The van der Waals surface area contributed by atoms with Crippen LogP contribution < -0.4 is 5.73 Å². The molecule has 0 aliphatic heterocycles. The van der Waals surface area contributed by atoms with Gasteiger partial charge in [0, 0.05) is 6.07 Å². The molecule has 0 saturated carbocycles. The van der Waals surface area contributed by atoms with Crippen LogP contribution in [0.1, 0.15) is 15.9 Å². The van der Waals surface area contributed by atoms with Crippen molar-refractivity contribution in [3.63, 3.8) is 0 Å². The Morgan fingerprint density at radius 3 is 2.40 bits per heavy atom. The highest BCUT2D eigenvalue weighted by molar-refractivity contribution is 6.33. The monoisotopic (exact) mass is 297 g/mol. The SMILES string of the molecule is Nc1ccc(C(=O)OCc2cc(F)cc(F)c2)cc1Cl. The molecule has 0 spiro atoms. The molecule has 0 fully saturated rings. The molecule has 3 nitrogen and oxygen atoms in total. The first kappa shape index (κ1) is 14.3. The minimum atomic E-state index is -0.730. The smallest absolute Gasteiger partial charge is 0.338 e. The van der Waals surface area contributed by atoms with Crippen LogP contribution >= 0.6 is 11.6 Å². The fourth-order valence-corrected chi connectivity index (χ4v) is 1.76. The Bertz CT molecular complexity index is 641. The highest BCUT2D eigenvalue weighted by atomic mass is 35.5. The van der Waals surface area contributed by atoms with Crippen LogP contribution in [-0.2, 0) is 11.3 Å². The summed E-state index contributed by atoms with van der Waals surface area (Å²) in [5.74, 6) is -2.12. The summed E-state index contributed by atoms with van der Waals surface area (Å²) in [6, 6.07) is 7.21. The van der Waals surface area contributed by atoms with Crippen molar-refractivity contribution in [2.75, 3.05) is 5.73 Å². The average Bonchev–Trinajstić information content (AvgIpc) is 2.38. The van der Waals surface area contributed by atoms with E-state index in [4.69, 9.17) is 22.1 Å². The molecular weight excluding hydrogens is 288 g/mol. The third-order valence-electron chi connectivity index (χ3n) is 2.53. The highest BCUT2D eigenvalue weighted by Gasteiger charge is 2.10. The fraction of sp³-hybridized carbons (Fsp3) is 0.0714. The predicted octanol–water partition coefficient (Wildman–Crippen LogP) is 3.56. The number of nitrogens with two attached hydrogens (primary N) is 1. The normalized spacial score (nSPS) is 10.3. The highest BCUT2D eigenvalue weighted by Crippen LogP contribution is 2.20. The van der Waals surface area contributed by atoms with Crippen LogP contribution in [0.5, 0.6) is 0 Å². The van der Waals surface area contributed by atoms with Gasteiger partial charge < -0.3 is 10.5 Å². The number of hydrogen-bond donors (Lipinski definition) is 1. The maximum atomic E-state index is 13.0. The summed E-state index contributed by atoms with van der Waals surface area (Å²) in [7, 11) is 0. The van der Waals surface area contributed by atoms with E-state index >= 15 is 0 Å². The molecule has 2 rings (SSSR count). The van der Waals surface area contributed by atoms with Gasteiger partial charge >= 0.3 is 5.97 Å². The van der Waals surface area contributed by atoms with Crippen LogP contribution in [0, 0.1) is 11.6 Å². The number of halogens is 3. The molecule has 0 radical (unpaired) electrons. The van der Waals surface area contributed by atoms with Crippen molar-refractivity contribution in [1.29, 1.82) is 0 Å². The van der Waals surface area contributed by atoms with E-state index in [9.17, 15) is 13.6 Å². The molecule has 0 aromatic heterocycles. The van der Waals surface area contributed by atoms with E-state index < -0.39 is 17.6 Å². The molecule has 0 aliphatic carbocycles. The van der Waals surface area contributed by atoms with Crippen LogP contribution in [0.25, 0.3) is 0 Å². The Labute approximate surface area is 118 Å². The van der Waals surface area contributed by atoms with Crippen molar-refractivity contribution in [2.45, 2.75) is 6.61 Å². The third-order valence-corrected chi connectivity index (χ3v) is 2.86. The van der Waals surface area contributed by atoms with Crippen LogP contribution in [0.3, 0.4) is 0 Å². The van der Waals surface area contributed by atoms with Gasteiger partial charge in [-0.05, 0) is 35.9 Å². The maximum absolute atomic E-state index is 13.0. The minimum Gasteiger partial charge on any atom is -0.457 e. The molecule has 6 heteroatoms. The van der Waals surface area contributed by atoms with Gasteiger partial charge in [-0.1, -0.05) is 11.6 Å². The molecule has 0 amide bonds. The Morgan fingerprint density at radius 2 is 1.80 bits per heavy atom. The molecule has 0 saturated heterocycles. The molecule has 0 unspecified atom stereocenters. The molecule has 104 valence electrons. The quantitative estimate of drug-likeness (QED) is 0.696. The second-order valence-corrected chi connectivity index (χ2v) is 4.50. The Balaban J connectivity index is 2.06. The first-order chi connectivity index (χ1) is 9.45. The van der Waals surface area contributed by atoms with E-state index in [1.165, 1.54) is 18.2 Å². The second-order valence-electron chi connectivity index (χ2n) is 4.09. The summed E-state index contributed by atoms with van der Waals surface area (Å²) in [5.41, 5.74) is 6.29. The average molecular weight is 298 g/mol. The second kappa shape index (κ2) is 5.88. The number of nitrogen functional groups attached to an aromatic ring is 1. The third kappa shape index (κ3) is 3.45. The van der Waals surface area contributed by atoms with E-state index in [2.05, 4.69) is 0 Å². The summed E-state index contributed by atoms with van der Waals surface area (Å²) in [6.07, 6.45) is 0. The van der Waals surface area contributed by atoms with E-state index in [1.54, 1.807) is 0 Å². The van der Waals surface area contributed by atoms with Crippen molar-refractivity contribution in [3.05, 3.63) is 64.2 Å². The number of benzene rings is 2. The van der Waals surface area contributed by atoms with Crippen molar-refractivity contribution < 1.29 is 18.3 Å². The molecule has 2 aromatic carbocycles. The largest absolute Gasteiger partial charge is 0.457 e. The lowest BCUT2D eigenvalue weighted by Crippen LogP contribution is -2.06. The van der Waals surface area contributed by atoms with E-state index in [0.29, 0.717) is 5.69 Å². The van der Waals surface area contributed by atoms with Crippen LogP contribution in [0.2, 0.25) is 5.02 Å². The number of esters is 1. The Kier molecular flexibility index (Phi) is 4.20. The molecule has 0 bridgehead atoms. The molecule has 2 aromatic rings. The van der Waals surface area contributed by atoms with Gasteiger partial charge in [0.1, 0.15) is 18.2 Å². The topological polar surface area (TPSA) is 52.3 Å². The van der Waals surface area contributed by atoms with Gasteiger partial charge in [-0.3, -0.25) is 0 Å². The zero-order valence-corrected chi connectivity index (χ0v) is 11.0. The summed E-state index contributed by atoms with van der Waals surface area (Å²) >= 11 is 5.78. The summed E-state index contributed by atoms with van der Waals surface area (Å²) in [6.45, 7) is -0.241. The van der Waals surface area contributed by atoms with Gasteiger partial charge in [0.15, 0.2) is 0 Å². The lowest BCUT2D eigenvalue weighted by molar-refractivity contribution is 0.0472. The zero-order valence-electron chi connectivity index (χ0n) is 10.2. The molecule has 0 atom stereocenters. The maximum Gasteiger partial charge on any atom is 0.338 e. The number of carbonyl (C=O) groups excluding carboxylic acids is 1. The van der Waals surface area contributed by atoms with Crippen molar-refractivity contribution in [1.82, 2.24) is 0 Å². The Morgan fingerprint density at radius 1 is 1.15 bits per heavy atom. The van der Waals surface area contributed by atoms with Gasteiger partial charge in [-0.15, -0.1) is 0 Å². The molecule has 2 N–H and O–H groups in total. The number of ether oxygens (including phenoxy) is 1. The lowest BCUT2D eigenvalue weighted by atomic mass is 10.2. The first-order valence-electron chi connectivity index (χ1n) is 5.63. The first-order valence-corrected chi connectivity index (χ1v) is 6.00. The number of carbonyl (C=O) groups is 1. The summed E-state index contributed by atoms with van der Waals surface area (Å²) in [5, 5.41) is 0.233. The van der Waals surface area contributed by atoms with E-state index in [-0.39, 0.29) is 22.8 Å². The Hall–Kier alpha value is -2.14. The molecule has 0 heterocycles.